The lowest BCUT2D eigenvalue weighted by Gasteiger charge is -2.26. The first-order valence-electron chi connectivity index (χ1n) is 6.63. The van der Waals surface area contributed by atoms with E-state index >= 15 is 0 Å². The molecule has 0 spiro atoms. The van der Waals surface area contributed by atoms with E-state index in [1.165, 1.54) is 0 Å². The quantitative estimate of drug-likeness (QED) is 0.819. The number of carbonyl (C=O) groups is 1. The highest BCUT2D eigenvalue weighted by molar-refractivity contribution is 6.20. The molecule has 0 aromatic heterocycles. The zero-order valence-corrected chi connectivity index (χ0v) is 11.3. The average molecular weight is 281 g/mol. The van der Waals surface area contributed by atoms with Crippen LogP contribution in [0.5, 0.6) is 0 Å². The van der Waals surface area contributed by atoms with Crippen molar-refractivity contribution < 1.29 is 9.53 Å². The summed E-state index contributed by atoms with van der Waals surface area (Å²) in [5.74, 6) is 0. The second-order valence-electron chi connectivity index (χ2n) is 5.21. The summed E-state index contributed by atoms with van der Waals surface area (Å²) in [5.41, 5.74) is 0.747. The molecule has 2 saturated heterocycles. The lowest BCUT2D eigenvalue weighted by atomic mass is 10.1. The van der Waals surface area contributed by atoms with Gasteiger partial charge in [-0.1, -0.05) is 18.2 Å². The fraction of sp³-hybridized carbons (Fsp3) is 0.500. The van der Waals surface area contributed by atoms with Crippen molar-refractivity contribution in [3.63, 3.8) is 0 Å². The zero-order valence-electron chi connectivity index (χ0n) is 10.5. The number of para-hydroxylation sites is 1. The van der Waals surface area contributed by atoms with Gasteiger partial charge in [-0.2, -0.15) is 0 Å². The molecule has 1 aromatic rings. The summed E-state index contributed by atoms with van der Waals surface area (Å²) in [4.78, 5) is 11.8. The number of halogens is 1. The summed E-state index contributed by atoms with van der Waals surface area (Å²) in [6, 6.07) is 9.90. The normalized spacial score (nSPS) is 32.9. The van der Waals surface area contributed by atoms with Crippen molar-refractivity contribution in [2.75, 3.05) is 5.32 Å². The van der Waals surface area contributed by atoms with Gasteiger partial charge in [-0.05, 0) is 25.0 Å². The third-order valence-corrected chi connectivity index (χ3v) is 4.10. The van der Waals surface area contributed by atoms with Crippen LogP contribution in [0.4, 0.5) is 10.5 Å². The second kappa shape index (κ2) is 5.39. The molecule has 4 nitrogen and oxygen atoms in total. The Bertz CT molecular complexity index is 454. The summed E-state index contributed by atoms with van der Waals surface area (Å²) in [6.07, 6.45) is 2.21. The first kappa shape index (κ1) is 12.8. The minimum atomic E-state index is -0.392. The Morgan fingerprint density at radius 1 is 1.26 bits per heavy atom. The molecule has 4 atom stereocenters. The van der Waals surface area contributed by atoms with Gasteiger partial charge in [0.05, 0.1) is 0 Å². The van der Waals surface area contributed by atoms with Crippen molar-refractivity contribution in [1.82, 2.24) is 5.32 Å². The Hall–Kier alpha value is -1.26. The molecule has 19 heavy (non-hydrogen) atoms. The van der Waals surface area contributed by atoms with Gasteiger partial charge < -0.3 is 10.1 Å². The highest BCUT2D eigenvalue weighted by atomic mass is 35.5. The van der Waals surface area contributed by atoms with Gasteiger partial charge in [-0.25, -0.2) is 4.79 Å². The number of carbonyl (C=O) groups excluding carboxylic acids is 1. The molecule has 2 heterocycles. The van der Waals surface area contributed by atoms with Crippen molar-refractivity contribution in [1.29, 1.82) is 0 Å². The third kappa shape index (κ3) is 3.01. The minimum Gasteiger partial charge on any atom is -0.444 e. The Labute approximate surface area is 117 Å². The topological polar surface area (TPSA) is 50.4 Å². The van der Waals surface area contributed by atoms with Crippen molar-refractivity contribution in [2.45, 2.75) is 42.8 Å². The predicted octanol–water partition coefficient (Wildman–Crippen LogP) is 2.74. The highest BCUT2D eigenvalue weighted by Gasteiger charge is 2.41. The number of anilines is 1. The minimum absolute atomic E-state index is 0.0718. The molecule has 5 heteroatoms. The molecule has 0 aliphatic carbocycles. The number of hydrogen-bond acceptors (Lipinski definition) is 3. The Kier molecular flexibility index (Phi) is 3.62. The molecular formula is C14H17ClN2O2. The fourth-order valence-electron chi connectivity index (χ4n) is 2.92. The van der Waals surface area contributed by atoms with E-state index in [0.29, 0.717) is 6.04 Å². The van der Waals surface area contributed by atoms with Crippen LogP contribution in [-0.4, -0.2) is 29.7 Å². The van der Waals surface area contributed by atoms with Crippen LogP contribution >= 0.6 is 11.6 Å². The maximum absolute atomic E-state index is 11.8. The van der Waals surface area contributed by atoms with Gasteiger partial charge in [0.2, 0.25) is 0 Å². The molecule has 4 unspecified atom stereocenters. The van der Waals surface area contributed by atoms with Crippen LogP contribution in [0.2, 0.25) is 0 Å². The zero-order chi connectivity index (χ0) is 13.2. The molecule has 2 aliphatic heterocycles. The van der Waals surface area contributed by atoms with E-state index in [-0.39, 0.29) is 17.5 Å². The van der Waals surface area contributed by atoms with Crippen LogP contribution in [0, 0.1) is 0 Å². The summed E-state index contributed by atoms with van der Waals surface area (Å²) < 4.78 is 5.51. The fourth-order valence-corrected chi connectivity index (χ4v) is 3.33. The van der Waals surface area contributed by atoms with Gasteiger partial charge in [0.15, 0.2) is 0 Å². The van der Waals surface area contributed by atoms with Crippen molar-refractivity contribution in [3.05, 3.63) is 30.3 Å². The second-order valence-corrected chi connectivity index (χ2v) is 5.83. The van der Waals surface area contributed by atoms with Gasteiger partial charge in [0.25, 0.3) is 0 Å². The van der Waals surface area contributed by atoms with Crippen LogP contribution in [0.3, 0.4) is 0 Å². The largest absolute Gasteiger partial charge is 0.444 e. The molecule has 2 bridgehead atoms. The summed E-state index contributed by atoms with van der Waals surface area (Å²) in [6.45, 7) is 0. The van der Waals surface area contributed by atoms with Crippen LogP contribution in [0.1, 0.15) is 19.3 Å². The molecule has 1 aromatic carbocycles. The van der Waals surface area contributed by atoms with Crippen LogP contribution in [0.15, 0.2) is 30.3 Å². The lowest BCUT2D eigenvalue weighted by Crippen LogP contribution is -2.42. The van der Waals surface area contributed by atoms with Gasteiger partial charge in [0.1, 0.15) is 6.10 Å². The molecule has 2 aliphatic rings. The number of ether oxygens (including phenoxy) is 1. The van der Waals surface area contributed by atoms with Gasteiger partial charge in [-0.15, -0.1) is 11.6 Å². The SMILES string of the molecule is O=C(Nc1ccccc1)OC1CC2CC(Cl)CC1N2. The maximum Gasteiger partial charge on any atom is 0.411 e. The number of alkyl halides is 1. The van der Waals surface area contributed by atoms with E-state index < -0.39 is 6.09 Å². The summed E-state index contributed by atoms with van der Waals surface area (Å²) >= 11 is 6.18. The van der Waals surface area contributed by atoms with Crippen LogP contribution in [0.25, 0.3) is 0 Å². The summed E-state index contributed by atoms with van der Waals surface area (Å²) in [5, 5.41) is 6.38. The van der Waals surface area contributed by atoms with Crippen molar-refractivity contribution in [2.24, 2.45) is 0 Å². The van der Waals surface area contributed by atoms with Gasteiger partial charge in [0, 0.05) is 29.6 Å². The lowest BCUT2D eigenvalue weighted by molar-refractivity contribution is 0.102. The van der Waals surface area contributed by atoms with E-state index in [0.717, 1.165) is 24.9 Å². The standard InChI is InChI=1S/C14H17ClN2O2/c15-9-6-11-8-13(12(7-9)16-11)19-14(18)17-10-4-2-1-3-5-10/h1-5,9,11-13,16H,6-8H2,(H,17,18). The molecule has 2 N–H and O–H groups in total. The first-order chi connectivity index (χ1) is 9.20. The molecule has 3 rings (SSSR count). The molecule has 0 radical (unpaired) electrons. The Morgan fingerprint density at radius 2 is 2.05 bits per heavy atom. The monoisotopic (exact) mass is 280 g/mol. The van der Waals surface area contributed by atoms with E-state index in [4.69, 9.17) is 16.3 Å². The van der Waals surface area contributed by atoms with E-state index in [1.807, 2.05) is 30.3 Å². The average Bonchev–Trinajstić information content (AvgIpc) is 2.65. The van der Waals surface area contributed by atoms with Gasteiger partial charge >= 0.3 is 6.09 Å². The van der Waals surface area contributed by atoms with Crippen LogP contribution in [-0.2, 0) is 4.74 Å². The number of fused-ring (bicyclic) bond motifs is 2. The molecular weight excluding hydrogens is 264 g/mol. The van der Waals surface area contributed by atoms with E-state index in [9.17, 15) is 4.79 Å². The predicted molar refractivity (Wildman–Crippen MR) is 74.5 cm³/mol. The molecule has 1 amide bonds. The number of benzene rings is 1. The molecule has 0 saturated carbocycles. The van der Waals surface area contributed by atoms with Crippen molar-refractivity contribution >= 4 is 23.4 Å². The number of rotatable bonds is 2. The maximum atomic E-state index is 11.8. The number of nitrogens with one attached hydrogen (secondary N) is 2. The Morgan fingerprint density at radius 3 is 2.84 bits per heavy atom. The number of amides is 1. The van der Waals surface area contributed by atoms with Crippen LogP contribution < -0.4 is 10.6 Å². The van der Waals surface area contributed by atoms with Gasteiger partial charge in [-0.3, -0.25) is 5.32 Å². The highest BCUT2D eigenvalue weighted by Crippen LogP contribution is 2.32. The van der Waals surface area contributed by atoms with E-state index in [1.54, 1.807) is 0 Å². The van der Waals surface area contributed by atoms with Crippen molar-refractivity contribution in [3.8, 4) is 0 Å². The first-order valence-corrected chi connectivity index (χ1v) is 7.07. The Balaban J connectivity index is 1.56. The summed E-state index contributed by atoms with van der Waals surface area (Å²) in [7, 11) is 0. The molecule has 102 valence electrons. The molecule has 2 fully saturated rings. The third-order valence-electron chi connectivity index (χ3n) is 3.74. The smallest absolute Gasteiger partial charge is 0.411 e. The van der Waals surface area contributed by atoms with E-state index in [2.05, 4.69) is 10.6 Å². The number of hydrogen-bond donors (Lipinski definition) is 2. The number of piperidine rings is 1.